The molecule has 0 aromatic heterocycles. The van der Waals surface area contributed by atoms with Gasteiger partial charge in [0.15, 0.2) is 0 Å². The van der Waals surface area contributed by atoms with Crippen molar-refractivity contribution in [3.05, 3.63) is 119 Å². The summed E-state index contributed by atoms with van der Waals surface area (Å²) in [5, 5.41) is 3.35. The zero-order valence-corrected chi connectivity index (χ0v) is 20.9. The maximum atomic E-state index is 6.17. The SMILES string of the molecule is Clc1ccc(C(c2ccccc2)N2CCN(CCCOCc3cccc4ccccc34)CC2)cc1. The molecule has 1 fully saturated rings. The number of halogens is 1. The van der Waals surface area contributed by atoms with E-state index in [0.29, 0.717) is 6.61 Å². The normalized spacial score (nSPS) is 15.9. The lowest BCUT2D eigenvalue weighted by Gasteiger charge is -2.39. The van der Waals surface area contributed by atoms with Crippen molar-refractivity contribution in [3.63, 3.8) is 0 Å². The summed E-state index contributed by atoms with van der Waals surface area (Å²) in [4.78, 5) is 5.17. The van der Waals surface area contributed by atoms with Gasteiger partial charge in [0.05, 0.1) is 12.6 Å². The molecule has 35 heavy (non-hydrogen) atoms. The fourth-order valence-electron chi connectivity index (χ4n) is 5.13. The van der Waals surface area contributed by atoms with Crippen LogP contribution >= 0.6 is 11.6 Å². The molecule has 0 N–H and O–H groups in total. The van der Waals surface area contributed by atoms with Crippen molar-refractivity contribution in [1.82, 2.24) is 9.80 Å². The van der Waals surface area contributed by atoms with Gasteiger partial charge in [-0.15, -0.1) is 0 Å². The first-order chi connectivity index (χ1) is 17.3. The Labute approximate surface area is 213 Å². The Morgan fingerprint density at radius 2 is 1.40 bits per heavy atom. The van der Waals surface area contributed by atoms with Gasteiger partial charge < -0.3 is 9.64 Å². The van der Waals surface area contributed by atoms with E-state index in [0.717, 1.165) is 50.8 Å². The van der Waals surface area contributed by atoms with E-state index >= 15 is 0 Å². The molecule has 0 aliphatic carbocycles. The Morgan fingerprint density at radius 1 is 0.714 bits per heavy atom. The molecule has 1 saturated heterocycles. The fourth-order valence-corrected chi connectivity index (χ4v) is 5.26. The third kappa shape index (κ3) is 6.12. The zero-order valence-electron chi connectivity index (χ0n) is 20.2. The summed E-state index contributed by atoms with van der Waals surface area (Å²) in [6, 6.07) is 34.4. The second kappa shape index (κ2) is 11.8. The highest BCUT2D eigenvalue weighted by molar-refractivity contribution is 6.30. The summed E-state index contributed by atoms with van der Waals surface area (Å²) in [6.45, 7) is 6.83. The summed E-state index contributed by atoms with van der Waals surface area (Å²) in [5.41, 5.74) is 3.91. The van der Waals surface area contributed by atoms with Gasteiger partial charge in [0.1, 0.15) is 0 Å². The van der Waals surface area contributed by atoms with Gasteiger partial charge in [-0.1, -0.05) is 96.5 Å². The Morgan fingerprint density at radius 3 is 2.20 bits per heavy atom. The molecule has 0 bridgehead atoms. The van der Waals surface area contributed by atoms with Crippen LogP contribution in [0.4, 0.5) is 0 Å². The molecule has 4 aromatic carbocycles. The highest BCUT2D eigenvalue weighted by Crippen LogP contribution is 2.30. The number of hydrogen-bond donors (Lipinski definition) is 0. The molecule has 0 amide bonds. The van der Waals surface area contributed by atoms with Gasteiger partial charge in [0.25, 0.3) is 0 Å². The predicted octanol–water partition coefficient (Wildman–Crippen LogP) is 6.81. The van der Waals surface area contributed by atoms with Gasteiger partial charge in [0, 0.05) is 44.4 Å². The quantitative estimate of drug-likeness (QED) is 0.243. The van der Waals surface area contributed by atoms with Crippen LogP contribution in [-0.4, -0.2) is 49.1 Å². The molecule has 5 rings (SSSR count). The van der Waals surface area contributed by atoms with E-state index in [1.165, 1.54) is 27.5 Å². The van der Waals surface area contributed by atoms with Crippen LogP contribution in [0.15, 0.2) is 97.1 Å². The number of rotatable bonds is 9. The minimum Gasteiger partial charge on any atom is -0.377 e. The van der Waals surface area contributed by atoms with E-state index in [2.05, 4.69) is 94.7 Å². The molecule has 1 aliphatic rings. The van der Waals surface area contributed by atoms with Crippen LogP contribution in [0.3, 0.4) is 0 Å². The van der Waals surface area contributed by atoms with E-state index in [9.17, 15) is 0 Å². The largest absolute Gasteiger partial charge is 0.377 e. The van der Waals surface area contributed by atoms with Gasteiger partial charge in [-0.05, 0) is 46.0 Å². The van der Waals surface area contributed by atoms with Crippen molar-refractivity contribution >= 4 is 22.4 Å². The van der Waals surface area contributed by atoms with Crippen molar-refractivity contribution in [2.75, 3.05) is 39.3 Å². The van der Waals surface area contributed by atoms with Crippen LogP contribution in [-0.2, 0) is 11.3 Å². The van der Waals surface area contributed by atoms with Crippen molar-refractivity contribution in [2.45, 2.75) is 19.1 Å². The highest BCUT2D eigenvalue weighted by Gasteiger charge is 2.26. The fraction of sp³-hybridized carbons (Fsp3) is 0.290. The van der Waals surface area contributed by atoms with E-state index in [1.54, 1.807) is 0 Å². The standard InChI is InChI=1S/C31H33ClN2O/c32-29-16-14-27(15-17-29)31(26-9-2-1-3-10-26)34-21-19-33(20-22-34)18-7-23-35-24-28-12-6-11-25-8-4-5-13-30(25)28/h1-6,8-17,31H,7,18-24H2. The smallest absolute Gasteiger partial charge is 0.0722 e. The van der Waals surface area contributed by atoms with Gasteiger partial charge in [-0.2, -0.15) is 0 Å². The number of piperazine rings is 1. The number of benzene rings is 4. The van der Waals surface area contributed by atoms with Gasteiger partial charge >= 0.3 is 0 Å². The molecule has 0 spiro atoms. The summed E-state index contributed by atoms with van der Waals surface area (Å²) >= 11 is 6.17. The van der Waals surface area contributed by atoms with E-state index in [4.69, 9.17) is 16.3 Å². The summed E-state index contributed by atoms with van der Waals surface area (Å²) < 4.78 is 6.06. The highest BCUT2D eigenvalue weighted by atomic mass is 35.5. The lowest BCUT2D eigenvalue weighted by molar-refractivity contribution is 0.0836. The van der Waals surface area contributed by atoms with Crippen LogP contribution in [0.2, 0.25) is 5.02 Å². The molecular weight excluding hydrogens is 452 g/mol. The third-order valence-corrected chi connectivity index (χ3v) is 7.23. The number of fused-ring (bicyclic) bond motifs is 1. The van der Waals surface area contributed by atoms with Crippen LogP contribution in [0.25, 0.3) is 10.8 Å². The van der Waals surface area contributed by atoms with Crippen LogP contribution in [0.5, 0.6) is 0 Å². The molecule has 1 aliphatic heterocycles. The molecule has 3 nitrogen and oxygen atoms in total. The Balaban J connectivity index is 1.11. The zero-order chi connectivity index (χ0) is 23.9. The lowest BCUT2D eigenvalue weighted by Crippen LogP contribution is -2.48. The van der Waals surface area contributed by atoms with Crippen molar-refractivity contribution in [1.29, 1.82) is 0 Å². The first kappa shape index (κ1) is 24.0. The molecule has 1 unspecified atom stereocenters. The Bertz CT molecular complexity index is 1200. The van der Waals surface area contributed by atoms with Crippen molar-refractivity contribution < 1.29 is 4.74 Å². The summed E-state index contributed by atoms with van der Waals surface area (Å²) in [6.07, 6.45) is 1.06. The van der Waals surface area contributed by atoms with Crippen molar-refractivity contribution in [3.8, 4) is 0 Å². The molecule has 4 heteroatoms. The van der Waals surface area contributed by atoms with E-state index < -0.39 is 0 Å². The first-order valence-electron chi connectivity index (χ1n) is 12.6. The van der Waals surface area contributed by atoms with Crippen LogP contribution in [0.1, 0.15) is 29.2 Å². The molecular formula is C31H33ClN2O. The maximum Gasteiger partial charge on any atom is 0.0722 e. The third-order valence-electron chi connectivity index (χ3n) is 6.97. The molecule has 0 radical (unpaired) electrons. The van der Waals surface area contributed by atoms with Gasteiger partial charge in [-0.3, -0.25) is 4.90 Å². The minimum atomic E-state index is 0.264. The van der Waals surface area contributed by atoms with Gasteiger partial charge in [-0.25, -0.2) is 0 Å². The van der Waals surface area contributed by atoms with Crippen molar-refractivity contribution in [2.24, 2.45) is 0 Å². The summed E-state index contributed by atoms with van der Waals surface area (Å²) in [5.74, 6) is 0. The second-order valence-electron chi connectivity index (χ2n) is 9.29. The summed E-state index contributed by atoms with van der Waals surface area (Å²) in [7, 11) is 0. The van der Waals surface area contributed by atoms with E-state index in [-0.39, 0.29) is 6.04 Å². The first-order valence-corrected chi connectivity index (χ1v) is 13.0. The minimum absolute atomic E-state index is 0.264. The predicted molar refractivity (Wildman–Crippen MR) is 146 cm³/mol. The number of ether oxygens (including phenoxy) is 1. The lowest BCUT2D eigenvalue weighted by atomic mass is 9.96. The second-order valence-corrected chi connectivity index (χ2v) is 9.72. The van der Waals surface area contributed by atoms with E-state index in [1.807, 2.05) is 12.1 Å². The molecule has 180 valence electrons. The average molecular weight is 485 g/mol. The Hall–Kier alpha value is -2.69. The van der Waals surface area contributed by atoms with Crippen LogP contribution < -0.4 is 0 Å². The molecule has 0 saturated carbocycles. The number of nitrogens with zero attached hydrogens (tertiary/aromatic N) is 2. The van der Waals surface area contributed by atoms with Gasteiger partial charge in [0.2, 0.25) is 0 Å². The molecule has 1 heterocycles. The average Bonchev–Trinajstić information content (AvgIpc) is 2.91. The molecule has 4 aromatic rings. The molecule has 1 atom stereocenters. The Kier molecular flexibility index (Phi) is 8.12. The maximum absolute atomic E-state index is 6.17. The van der Waals surface area contributed by atoms with Crippen LogP contribution in [0, 0.1) is 0 Å². The topological polar surface area (TPSA) is 15.7 Å². The number of hydrogen-bond acceptors (Lipinski definition) is 3. The monoisotopic (exact) mass is 484 g/mol.